The molecule has 0 fully saturated rings. The molecule has 0 aliphatic heterocycles. The smallest absolute Gasteiger partial charge is 0.322 e. The number of hydrogen-bond donors (Lipinski definition) is 2. The zero-order valence-electron chi connectivity index (χ0n) is 3.96. The average Bonchev–Trinajstić information content (AvgIpc) is 1.65. The first kappa shape index (κ1) is 7.71. The third-order valence-electron chi connectivity index (χ3n) is 0.344. The van der Waals surface area contributed by atoms with Crippen molar-refractivity contribution in [2.45, 2.75) is 0 Å². The van der Waals surface area contributed by atoms with Gasteiger partial charge in [-0.15, -0.1) is 0 Å². The molecule has 3 nitrogen and oxygen atoms in total. The molecule has 0 spiro atoms. The van der Waals surface area contributed by atoms with Gasteiger partial charge in [-0.25, -0.2) is 0 Å². The maximum absolute atomic E-state index is 10.2. The van der Waals surface area contributed by atoms with E-state index in [4.69, 9.17) is 5.73 Å². The molecule has 0 radical (unpaired) electrons. The summed E-state index contributed by atoms with van der Waals surface area (Å²) in [6.07, 6.45) is 0. The van der Waals surface area contributed by atoms with Crippen molar-refractivity contribution in [3.8, 4) is 0 Å². The molecule has 0 heterocycles. The Morgan fingerprint density at radius 1 is 1.88 bits per heavy atom. The summed E-state index contributed by atoms with van der Waals surface area (Å²) < 4.78 is 4.19. The predicted octanol–water partition coefficient (Wildman–Crippen LogP) is -0.297. The van der Waals surface area contributed by atoms with Crippen LogP contribution in [0.25, 0.3) is 0 Å². The lowest BCUT2D eigenvalue weighted by atomic mass is 10.8. The van der Waals surface area contributed by atoms with Crippen LogP contribution in [0.5, 0.6) is 0 Å². The Kier molecular flexibility index (Phi) is 3.55. The van der Waals surface area contributed by atoms with E-state index in [2.05, 4.69) is 29.6 Å². The van der Waals surface area contributed by atoms with Crippen LogP contribution in [0.1, 0.15) is 0 Å². The topological polar surface area (TPSA) is 52.3 Å². The van der Waals surface area contributed by atoms with Crippen molar-refractivity contribution in [2.24, 2.45) is 5.73 Å². The number of carbonyl (C=O) groups is 1. The van der Waals surface area contributed by atoms with Crippen LogP contribution in [0.15, 0.2) is 0 Å². The van der Waals surface area contributed by atoms with E-state index in [1.54, 1.807) is 0 Å². The number of carbonyl (C=O) groups excluding carboxylic acids is 1. The van der Waals surface area contributed by atoms with Crippen LogP contribution in [0.4, 0.5) is 0 Å². The molecule has 5 heteroatoms. The lowest BCUT2D eigenvalue weighted by Crippen LogP contribution is -2.18. The first-order chi connectivity index (χ1) is 3.66. The fourth-order valence-electron chi connectivity index (χ4n) is 0.144. The van der Waals surface area contributed by atoms with E-state index in [9.17, 15) is 4.79 Å². The molecule has 0 saturated carbocycles. The van der Waals surface area contributed by atoms with Crippen LogP contribution in [0, 0.1) is 0 Å². The van der Waals surface area contributed by atoms with Gasteiger partial charge in [-0.05, 0) is 12.2 Å². The van der Waals surface area contributed by atoms with E-state index in [0.29, 0.717) is 0 Å². The molecular formula is C3H5NO2S2. The highest BCUT2D eigenvalue weighted by Gasteiger charge is 1.97. The number of thiol groups is 1. The molecule has 0 saturated heterocycles. The SMILES string of the molecule is NC(=S)OC(=O)CS. The summed E-state index contributed by atoms with van der Waals surface area (Å²) >= 11 is 7.84. The summed E-state index contributed by atoms with van der Waals surface area (Å²) in [5.41, 5.74) is 4.82. The van der Waals surface area contributed by atoms with E-state index in [-0.39, 0.29) is 10.9 Å². The fraction of sp³-hybridized carbons (Fsp3) is 0.333. The molecule has 2 N–H and O–H groups in total. The highest BCUT2D eigenvalue weighted by atomic mass is 32.1. The van der Waals surface area contributed by atoms with Gasteiger partial charge in [0.05, 0.1) is 5.75 Å². The van der Waals surface area contributed by atoms with Gasteiger partial charge in [0.15, 0.2) is 0 Å². The van der Waals surface area contributed by atoms with Gasteiger partial charge >= 0.3 is 5.97 Å². The van der Waals surface area contributed by atoms with E-state index in [0.717, 1.165) is 0 Å². The van der Waals surface area contributed by atoms with Crippen LogP contribution in [-0.4, -0.2) is 16.9 Å². The van der Waals surface area contributed by atoms with Crippen LogP contribution >= 0.6 is 24.8 Å². The van der Waals surface area contributed by atoms with Crippen LogP contribution < -0.4 is 5.73 Å². The Hall–Kier alpha value is -0.290. The molecule has 0 aliphatic rings. The second-order valence-corrected chi connectivity index (χ2v) is 1.67. The Labute approximate surface area is 57.6 Å². The van der Waals surface area contributed by atoms with Crippen molar-refractivity contribution >= 4 is 36.0 Å². The van der Waals surface area contributed by atoms with Gasteiger partial charge in [0.2, 0.25) is 0 Å². The highest BCUT2D eigenvalue weighted by Crippen LogP contribution is 1.80. The lowest BCUT2D eigenvalue weighted by Gasteiger charge is -1.94. The van der Waals surface area contributed by atoms with Crippen molar-refractivity contribution in [1.82, 2.24) is 0 Å². The largest absolute Gasteiger partial charge is 0.399 e. The third kappa shape index (κ3) is 3.89. The van der Waals surface area contributed by atoms with Gasteiger partial charge < -0.3 is 10.5 Å². The van der Waals surface area contributed by atoms with Gasteiger partial charge in [0.25, 0.3) is 5.17 Å². The van der Waals surface area contributed by atoms with Crippen molar-refractivity contribution in [3.63, 3.8) is 0 Å². The summed E-state index contributed by atoms with van der Waals surface area (Å²) in [6.45, 7) is 0. The first-order valence-electron chi connectivity index (χ1n) is 1.77. The molecule has 0 aromatic carbocycles. The second-order valence-electron chi connectivity index (χ2n) is 0.951. The van der Waals surface area contributed by atoms with Crippen LogP contribution in [-0.2, 0) is 9.53 Å². The monoisotopic (exact) mass is 151 g/mol. The standard InChI is InChI=1S/C3H5NO2S2/c4-3(8)6-2(5)1-7/h7H,1H2,(H2,4,8). The van der Waals surface area contributed by atoms with Crippen molar-refractivity contribution in [3.05, 3.63) is 0 Å². The molecule has 0 bridgehead atoms. The number of ether oxygens (including phenoxy) is 1. The summed E-state index contributed by atoms with van der Waals surface area (Å²) in [4.78, 5) is 10.2. The number of nitrogens with two attached hydrogens (primary N) is 1. The molecule has 0 atom stereocenters. The predicted molar refractivity (Wildman–Crippen MR) is 36.7 cm³/mol. The molecule has 0 aliphatic carbocycles. The minimum Gasteiger partial charge on any atom is -0.399 e. The number of esters is 1. The normalized spacial score (nSPS) is 8.12. The van der Waals surface area contributed by atoms with Crippen molar-refractivity contribution in [1.29, 1.82) is 0 Å². The summed E-state index contributed by atoms with van der Waals surface area (Å²) in [5, 5.41) is -0.260. The Balaban J connectivity index is 3.40. The average molecular weight is 151 g/mol. The highest BCUT2D eigenvalue weighted by molar-refractivity contribution is 7.81. The Morgan fingerprint density at radius 2 is 2.38 bits per heavy atom. The minimum absolute atomic E-state index is 0.00264. The maximum atomic E-state index is 10.2. The minimum atomic E-state index is -0.527. The number of hydrogen-bond acceptors (Lipinski definition) is 4. The summed E-state index contributed by atoms with van der Waals surface area (Å²) in [6, 6.07) is 0. The van der Waals surface area contributed by atoms with Crippen LogP contribution in [0.3, 0.4) is 0 Å². The summed E-state index contributed by atoms with van der Waals surface area (Å²) in [7, 11) is 0. The molecule has 0 unspecified atom stereocenters. The van der Waals surface area contributed by atoms with Gasteiger partial charge in [0.1, 0.15) is 0 Å². The maximum Gasteiger partial charge on any atom is 0.322 e. The van der Waals surface area contributed by atoms with E-state index in [1.165, 1.54) is 0 Å². The van der Waals surface area contributed by atoms with Gasteiger partial charge in [0, 0.05) is 0 Å². The molecule has 46 valence electrons. The second kappa shape index (κ2) is 3.68. The van der Waals surface area contributed by atoms with E-state index >= 15 is 0 Å². The van der Waals surface area contributed by atoms with Crippen molar-refractivity contribution < 1.29 is 9.53 Å². The van der Waals surface area contributed by atoms with Gasteiger partial charge in [-0.3, -0.25) is 4.79 Å². The Morgan fingerprint density at radius 3 is 2.50 bits per heavy atom. The molecule has 0 rings (SSSR count). The Bertz CT molecular complexity index is 114. The molecule has 0 amide bonds. The molecule has 0 aromatic rings. The lowest BCUT2D eigenvalue weighted by molar-refractivity contribution is -0.132. The summed E-state index contributed by atoms with van der Waals surface area (Å²) in [5.74, 6) is -0.530. The quantitative estimate of drug-likeness (QED) is 0.307. The van der Waals surface area contributed by atoms with Gasteiger partial charge in [-0.2, -0.15) is 12.6 Å². The first-order valence-corrected chi connectivity index (χ1v) is 2.82. The van der Waals surface area contributed by atoms with Crippen molar-refractivity contribution in [2.75, 3.05) is 5.75 Å². The number of rotatable bonds is 1. The van der Waals surface area contributed by atoms with E-state index in [1.807, 2.05) is 0 Å². The zero-order chi connectivity index (χ0) is 6.57. The van der Waals surface area contributed by atoms with Crippen LogP contribution in [0.2, 0.25) is 0 Å². The molecule has 0 aromatic heterocycles. The third-order valence-corrected chi connectivity index (χ3v) is 0.685. The molecule has 8 heavy (non-hydrogen) atoms. The zero-order valence-corrected chi connectivity index (χ0v) is 5.67. The van der Waals surface area contributed by atoms with E-state index < -0.39 is 5.97 Å². The molecular weight excluding hydrogens is 146 g/mol. The fourth-order valence-corrected chi connectivity index (χ4v) is 0.302. The number of thiocarbonyl (C=S) groups is 1. The van der Waals surface area contributed by atoms with Gasteiger partial charge in [-0.1, -0.05) is 0 Å².